The fourth-order valence-electron chi connectivity index (χ4n) is 1.76. The highest BCUT2D eigenvalue weighted by Gasteiger charge is 2.22. The van der Waals surface area contributed by atoms with Crippen molar-refractivity contribution in [1.29, 1.82) is 0 Å². The van der Waals surface area contributed by atoms with Crippen LogP contribution in [0.5, 0.6) is 0 Å². The Morgan fingerprint density at radius 1 is 1.44 bits per heavy atom. The van der Waals surface area contributed by atoms with Crippen molar-refractivity contribution >= 4 is 21.6 Å². The van der Waals surface area contributed by atoms with Gasteiger partial charge in [-0.3, -0.25) is 10.1 Å². The van der Waals surface area contributed by atoms with Gasteiger partial charge in [0.15, 0.2) is 4.60 Å². The molecule has 0 aromatic carbocycles. The summed E-state index contributed by atoms with van der Waals surface area (Å²) in [5, 5.41) is 10.9. The van der Waals surface area contributed by atoms with Gasteiger partial charge in [-0.1, -0.05) is 13.8 Å². The van der Waals surface area contributed by atoms with Crippen LogP contribution in [0.2, 0.25) is 0 Å². The molecule has 0 N–H and O–H groups in total. The summed E-state index contributed by atoms with van der Waals surface area (Å²) in [5.41, 5.74) is 2.66. The van der Waals surface area contributed by atoms with Crippen LogP contribution in [0.15, 0.2) is 4.60 Å². The van der Waals surface area contributed by atoms with E-state index in [9.17, 15) is 10.1 Å². The molecule has 0 amide bonds. The molecule has 0 atom stereocenters. The van der Waals surface area contributed by atoms with E-state index in [2.05, 4.69) is 34.8 Å². The average molecular weight is 287 g/mol. The molecule has 0 saturated heterocycles. The summed E-state index contributed by atoms with van der Waals surface area (Å²) in [4.78, 5) is 14.7. The number of aromatic nitrogens is 1. The van der Waals surface area contributed by atoms with Crippen LogP contribution in [-0.2, 0) is 6.42 Å². The topological polar surface area (TPSA) is 56.0 Å². The lowest BCUT2D eigenvalue weighted by atomic mass is 9.97. The number of rotatable bonds is 3. The quantitative estimate of drug-likeness (QED) is 0.485. The number of hydrogen-bond acceptors (Lipinski definition) is 3. The lowest BCUT2D eigenvalue weighted by Crippen LogP contribution is -2.06. The van der Waals surface area contributed by atoms with E-state index in [0.29, 0.717) is 10.5 Å². The molecule has 0 fully saturated rings. The molecule has 88 valence electrons. The molecule has 0 aliphatic heterocycles. The maximum Gasteiger partial charge on any atom is 0.305 e. The second-order valence-corrected chi connectivity index (χ2v) is 5.05. The Kier molecular flexibility index (Phi) is 4.02. The van der Waals surface area contributed by atoms with Gasteiger partial charge in [0.05, 0.1) is 4.92 Å². The van der Waals surface area contributed by atoms with Crippen molar-refractivity contribution in [1.82, 2.24) is 4.98 Å². The van der Waals surface area contributed by atoms with Crippen LogP contribution in [0.4, 0.5) is 5.69 Å². The minimum atomic E-state index is -0.379. The molecular weight excluding hydrogens is 272 g/mol. The molecule has 0 spiro atoms. The van der Waals surface area contributed by atoms with Gasteiger partial charge >= 0.3 is 5.69 Å². The van der Waals surface area contributed by atoms with Gasteiger partial charge in [0, 0.05) is 11.3 Å². The van der Waals surface area contributed by atoms with Crippen LogP contribution in [0.25, 0.3) is 0 Å². The summed E-state index contributed by atoms with van der Waals surface area (Å²) in [6.07, 6.45) is 0.818. The van der Waals surface area contributed by atoms with Crippen molar-refractivity contribution in [3.8, 4) is 0 Å². The monoisotopic (exact) mass is 286 g/mol. The minimum absolute atomic E-state index is 0.0845. The number of nitrogens with zero attached hydrogens (tertiary/aromatic N) is 2. The van der Waals surface area contributed by atoms with Crippen LogP contribution in [0.1, 0.15) is 30.7 Å². The van der Waals surface area contributed by atoms with Crippen molar-refractivity contribution < 1.29 is 4.92 Å². The molecule has 1 aromatic heterocycles. The summed E-state index contributed by atoms with van der Waals surface area (Å²) < 4.78 is 0.319. The Morgan fingerprint density at radius 2 is 2.00 bits per heavy atom. The SMILES string of the molecule is Cc1nc(Br)c([N+](=O)[O-])c(C)c1CC(C)C. The van der Waals surface area contributed by atoms with E-state index < -0.39 is 0 Å². The van der Waals surface area contributed by atoms with E-state index >= 15 is 0 Å². The second-order valence-electron chi connectivity index (χ2n) is 4.30. The molecule has 0 radical (unpaired) electrons. The highest BCUT2D eigenvalue weighted by Crippen LogP contribution is 2.31. The number of aryl methyl sites for hydroxylation is 1. The Morgan fingerprint density at radius 3 is 2.44 bits per heavy atom. The van der Waals surface area contributed by atoms with Gasteiger partial charge in [-0.25, -0.2) is 4.98 Å². The van der Waals surface area contributed by atoms with E-state index in [-0.39, 0.29) is 10.6 Å². The highest BCUT2D eigenvalue weighted by atomic mass is 79.9. The summed E-state index contributed by atoms with van der Waals surface area (Å²) in [6, 6.07) is 0. The molecule has 1 rings (SSSR count). The largest absolute Gasteiger partial charge is 0.305 e. The molecular formula is C11H15BrN2O2. The zero-order valence-corrected chi connectivity index (χ0v) is 11.5. The molecule has 4 nitrogen and oxygen atoms in total. The smallest absolute Gasteiger partial charge is 0.258 e. The van der Waals surface area contributed by atoms with E-state index in [1.165, 1.54) is 0 Å². The van der Waals surface area contributed by atoms with Crippen LogP contribution in [-0.4, -0.2) is 9.91 Å². The van der Waals surface area contributed by atoms with Crippen LogP contribution < -0.4 is 0 Å². The van der Waals surface area contributed by atoms with Crippen LogP contribution in [0.3, 0.4) is 0 Å². The number of hydrogen-bond donors (Lipinski definition) is 0. The number of halogens is 1. The molecule has 5 heteroatoms. The first kappa shape index (κ1) is 13.1. The molecule has 16 heavy (non-hydrogen) atoms. The third-order valence-corrected chi connectivity index (χ3v) is 3.05. The van der Waals surface area contributed by atoms with E-state index in [1.807, 2.05) is 6.92 Å². The first-order valence-electron chi connectivity index (χ1n) is 5.14. The normalized spacial score (nSPS) is 10.9. The van der Waals surface area contributed by atoms with Crippen molar-refractivity contribution in [2.75, 3.05) is 0 Å². The van der Waals surface area contributed by atoms with Crippen molar-refractivity contribution in [3.63, 3.8) is 0 Å². The zero-order chi connectivity index (χ0) is 12.5. The lowest BCUT2D eigenvalue weighted by Gasteiger charge is -2.12. The van der Waals surface area contributed by atoms with Crippen LogP contribution >= 0.6 is 15.9 Å². The maximum absolute atomic E-state index is 10.9. The molecule has 1 heterocycles. The zero-order valence-electron chi connectivity index (χ0n) is 9.87. The fraction of sp³-hybridized carbons (Fsp3) is 0.545. The summed E-state index contributed by atoms with van der Waals surface area (Å²) >= 11 is 3.15. The van der Waals surface area contributed by atoms with E-state index in [0.717, 1.165) is 23.2 Å². The van der Waals surface area contributed by atoms with Gasteiger partial charge in [-0.15, -0.1) is 0 Å². The highest BCUT2D eigenvalue weighted by molar-refractivity contribution is 9.10. The lowest BCUT2D eigenvalue weighted by molar-refractivity contribution is -0.386. The molecule has 0 unspecified atom stereocenters. The first-order chi connectivity index (χ1) is 7.34. The molecule has 1 aromatic rings. The van der Waals surface area contributed by atoms with Crippen molar-refractivity contribution in [3.05, 3.63) is 31.5 Å². The Bertz CT molecular complexity index is 430. The van der Waals surface area contributed by atoms with E-state index in [1.54, 1.807) is 6.92 Å². The summed E-state index contributed by atoms with van der Waals surface area (Å²) in [6.45, 7) is 7.86. The number of nitro groups is 1. The van der Waals surface area contributed by atoms with Gasteiger partial charge in [-0.2, -0.15) is 0 Å². The molecule has 0 bridgehead atoms. The fourth-order valence-corrected chi connectivity index (χ4v) is 2.47. The Labute approximate surface area is 103 Å². The number of pyridine rings is 1. The van der Waals surface area contributed by atoms with Crippen molar-refractivity contribution in [2.24, 2.45) is 5.92 Å². The van der Waals surface area contributed by atoms with Gasteiger partial charge in [0.1, 0.15) is 0 Å². The van der Waals surface area contributed by atoms with Crippen LogP contribution in [0, 0.1) is 29.9 Å². The minimum Gasteiger partial charge on any atom is -0.258 e. The third-order valence-electron chi connectivity index (χ3n) is 2.50. The maximum atomic E-state index is 10.9. The first-order valence-corrected chi connectivity index (χ1v) is 5.93. The molecule has 0 aliphatic carbocycles. The van der Waals surface area contributed by atoms with Gasteiger partial charge < -0.3 is 0 Å². The molecule has 0 saturated carbocycles. The Balaban J connectivity index is 3.39. The predicted molar refractivity (Wildman–Crippen MR) is 66.6 cm³/mol. The summed E-state index contributed by atoms with van der Waals surface area (Å²) in [5.74, 6) is 0.458. The van der Waals surface area contributed by atoms with Gasteiger partial charge in [-0.05, 0) is 47.7 Å². The average Bonchev–Trinajstić information content (AvgIpc) is 2.10. The van der Waals surface area contributed by atoms with E-state index in [4.69, 9.17) is 0 Å². The predicted octanol–water partition coefficient (Wildman–Crippen LogP) is 3.57. The second kappa shape index (κ2) is 4.91. The van der Waals surface area contributed by atoms with Crippen molar-refractivity contribution in [2.45, 2.75) is 34.1 Å². The third kappa shape index (κ3) is 2.58. The molecule has 0 aliphatic rings. The Hall–Kier alpha value is -0.970. The van der Waals surface area contributed by atoms with Gasteiger partial charge in [0.2, 0.25) is 0 Å². The summed E-state index contributed by atoms with van der Waals surface area (Å²) in [7, 11) is 0. The van der Waals surface area contributed by atoms with Gasteiger partial charge in [0.25, 0.3) is 0 Å². The standard InChI is InChI=1S/C11H15BrN2O2/c1-6(2)5-9-7(3)10(14(15)16)11(12)13-8(9)4/h6H,5H2,1-4H3.